The molecule has 0 spiro atoms. The van der Waals surface area contributed by atoms with Crippen LogP contribution in [0, 0.1) is 0 Å². The minimum Gasteiger partial charge on any atom is -0.377 e. The molecular weight excluding hydrogens is 250 g/mol. The minimum absolute atomic E-state index is 0.0644. The first-order chi connectivity index (χ1) is 9.47. The average Bonchev–Trinajstić information content (AvgIpc) is 2.91. The average molecular weight is 277 g/mol. The molecule has 3 nitrogen and oxygen atoms in total. The van der Waals surface area contributed by atoms with Gasteiger partial charge in [-0.1, -0.05) is 45.0 Å². The lowest BCUT2D eigenvalue weighted by atomic mass is 9.86. The van der Waals surface area contributed by atoms with E-state index in [4.69, 9.17) is 15.2 Å². The van der Waals surface area contributed by atoms with Crippen LogP contribution in [0.1, 0.15) is 50.8 Å². The number of nitrogens with two attached hydrogens (primary N) is 1. The van der Waals surface area contributed by atoms with Gasteiger partial charge in [-0.15, -0.1) is 0 Å². The zero-order valence-corrected chi connectivity index (χ0v) is 12.9. The van der Waals surface area contributed by atoms with Crippen molar-refractivity contribution in [1.82, 2.24) is 0 Å². The molecule has 0 aromatic heterocycles. The molecule has 2 rings (SSSR count). The van der Waals surface area contributed by atoms with Gasteiger partial charge in [-0.2, -0.15) is 0 Å². The molecule has 3 heteroatoms. The van der Waals surface area contributed by atoms with Crippen LogP contribution >= 0.6 is 0 Å². The maximum atomic E-state index is 6.17. The maximum absolute atomic E-state index is 6.17. The Balaban J connectivity index is 1.81. The van der Waals surface area contributed by atoms with Gasteiger partial charge in [-0.3, -0.25) is 0 Å². The van der Waals surface area contributed by atoms with E-state index in [2.05, 4.69) is 45.0 Å². The van der Waals surface area contributed by atoms with E-state index in [1.165, 1.54) is 5.56 Å². The van der Waals surface area contributed by atoms with E-state index >= 15 is 0 Å². The molecule has 1 aromatic carbocycles. The van der Waals surface area contributed by atoms with Gasteiger partial charge >= 0.3 is 0 Å². The quantitative estimate of drug-likeness (QED) is 0.899. The van der Waals surface area contributed by atoms with Crippen molar-refractivity contribution in [3.63, 3.8) is 0 Å². The molecule has 0 saturated carbocycles. The first kappa shape index (κ1) is 15.5. The van der Waals surface area contributed by atoms with Gasteiger partial charge in [0.1, 0.15) is 0 Å². The van der Waals surface area contributed by atoms with Crippen LogP contribution in [0.15, 0.2) is 24.3 Å². The van der Waals surface area contributed by atoms with E-state index in [0.29, 0.717) is 13.2 Å². The van der Waals surface area contributed by atoms with Crippen LogP contribution in [0.3, 0.4) is 0 Å². The zero-order chi connectivity index (χ0) is 14.6. The van der Waals surface area contributed by atoms with Gasteiger partial charge in [0.05, 0.1) is 25.4 Å². The van der Waals surface area contributed by atoms with Crippen molar-refractivity contribution in [3.05, 3.63) is 35.4 Å². The van der Waals surface area contributed by atoms with Crippen LogP contribution in [0.5, 0.6) is 0 Å². The lowest BCUT2D eigenvalue weighted by molar-refractivity contribution is 0.0129. The molecule has 1 fully saturated rings. The second kappa shape index (κ2) is 6.70. The fourth-order valence-electron chi connectivity index (χ4n) is 2.43. The highest BCUT2D eigenvalue weighted by Crippen LogP contribution is 2.23. The third-order valence-corrected chi connectivity index (χ3v) is 3.83. The van der Waals surface area contributed by atoms with Crippen LogP contribution in [0.4, 0.5) is 0 Å². The molecule has 112 valence electrons. The van der Waals surface area contributed by atoms with Crippen LogP contribution < -0.4 is 5.73 Å². The van der Waals surface area contributed by atoms with Crippen LogP contribution in [0.2, 0.25) is 0 Å². The first-order valence-corrected chi connectivity index (χ1v) is 7.52. The van der Waals surface area contributed by atoms with E-state index in [0.717, 1.165) is 25.0 Å². The second-order valence-electron chi connectivity index (χ2n) is 6.65. The second-order valence-corrected chi connectivity index (χ2v) is 6.65. The topological polar surface area (TPSA) is 44.5 Å². The fourth-order valence-corrected chi connectivity index (χ4v) is 2.43. The molecule has 0 aliphatic carbocycles. The van der Waals surface area contributed by atoms with Crippen molar-refractivity contribution in [2.75, 3.05) is 19.8 Å². The summed E-state index contributed by atoms with van der Waals surface area (Å²) in [6, 6.07) is 8.48. The van der Waals surface area contributed by atoms with E-state index in [9.17, 15) is 0 Å². The van der Waals surface area contributed by atoms with Gasteiger partial charge in [-0.25, -0.2) is 0 Å². The van der Waals surface area contributed by atoms with Gasteiger partial charge < -0.3 is 15.2 Å². The molecule has 0 radical (unpaired) electrons. The summed E-state index contributed by atoms with van der Waals surface area (Å²) in [4.78, 5) is 0. The summed E-state index contributed by atoms with van der Waals surface area (Å²) in [5, 5.41) is 0. The molecule has 1 aliphatic rings. The van der Waals surface area contributed by atoms with Gasteiger partial charge in [-0.05, 0) is 29.4 Å². The monoisotopic (exact) mass is 277 g/mol. The van der Waals surface area contributed by atoms with Crippen molar-refractivity contribution >= 4 is 0 Å². The van der Waals surface area contributed by atoms with Gasteiger partial charge in [0.15, 0.2) is 0 Å². The Hall–Kier alpha value is -0.900. The van der Waals surface area contributed by atoms with Gasteiger partial charge in [0, 0.05) is 6.61 Å². The molecule has 1 heterocycles. The Morgan fingerprint density at radius 1 is 1.30 bits per heavy atom. The summed E-state index contributed by atoms with van der Waals surface area (Å²) in [6.07, 6.45) is 2.52. The summed E-state index contributed by atoms with van der Waals surface area (Å²) in [5.74, 6) is 0. The summed E-state index contributed by atoms with van der Waals surface area (Å²) in [5.41, 5.74) is 8.81. The highest BCUT2D eigenvalue weighted by molar-refractivity contribution is 5.29. The minimum atomic E-state index is -0.0644. The zero-order valence-electron chi connectivity index (χ0n) is 12.9. The molecule has 0 amide bonds. The molecule has 2 unspecified atom stereocenters. The van der Waals surface area contributed by atoms with E-state index in [1.807, 2.05) is 0 Å². The molecular formula is C17H27NO2. The first-order valence-electron chi connectivity index (χ1n) is 7.52. The van der Waals surface area contributed by atoms with E-state index in [-0.39, 0.29) is 17.6 Å². The number of hydrogen-bond donors (Lipinski definition) is 1. The number of hydrogen-bond acceptors (Lipinski definition) is 3. The van der Waals surface area contributed by atoms with Crippen molar-refractivity contribution in [3.8, 4) is 0 Å². The van der Waals surface area contributed by atoms with Crippen LogP contribution in [0.25, 0.3) is 0 Å². The Bertz CT molecular complexity index is 402. The summed E-state index contributed by atoms with van der Waals surface area (Å²) < 4.78 is 11.2. The third kappa shape index (κ3) is 4.30. The lowest BCUT2D eigenvalue weighted by Crippen LogP contribution is -2.22. The van der Waals surface area contributed by atoms with Crippen molar-refractivity contribution in [1.29, 1.82) is 0 Å². The highest BCUT2D eigenvalue weighted by atomic mass is 16.5. The van der Waals surface area contributed by atoms with Crippen molar-refractivity contribution < 1.29 is 9.47 Å². The molecule has 1 aliphatic heterocycles. The predicted octanol–water partition coefficient (Wildman–Crippen LogP) is 3.18. The number of benzene rings is 1. The Labute approximate surface area is 122 Å². The largest absolute Gasteiger partial charge is 0.377 e. The summed E-state index contributed by atoms with van der Waals surface area (Å²) in [6.45, 7) is 8.72. The molecule has 1 aromatic rings. The van der Waals surface area contributed by atoms with Crippen molar-refractivity contribution in [2.24, 2.45) is 5.73 Å². The SMILES string of the molecule is CC(C)(C)c1ccc(C(N)COCC2CCCO2)cc1. The summed E-state index contributed by atoms with van der Waals surface area (Å²) in [7, 11) is 0. The fraction of sp³-hybridized carbons (Fsp3) is 0.647. The number of rotatable bonds is 5. The molecule has 2 N–H and O–H groups in total. The third-order valence-electron chi connectivity index (χ3n) is 3.83. The van der Waals surface area contributed by atoms with E-state index in [1.54, 1.807) is 0 Å². The van der Waals surface area contributed by atoms with Crippen LogP contribution in [-0.2, 0) is 14.9 Å². The predicted molar refractivity (Wildman–Crippen MR) is 81.9 cm³/mol. The standard InChI is InChI=1S/C17H27NO2/c1-17(2,3)14-8-6-13(7-9-14)16(18)12-19-11-15-5-4-10-20-15/h6-9,15-16H,4-5,10-12,18H2,1-3H3. The molecule has 0 bridgehead atoms. The maximum Gasteiger partial charge on any atom is 0.0809 e. The van der Waals surface area contributed by atoms with Gasteiger partial charge in [0.25, 0.3) is 0 Å². The van der Waals surface area contributed by atoms with Crippen LogP contribution in [-0.4, -0.2) is 25.9 Å². The Kier molecular flexibility index (Phi) is 5.19. The molecule has 2 atom stereocenters. The smallest absolute Gasteiger partial charge is 0.0809 e. The van der Waals surface area contributed by atoms with Gasteiger partial charge in [0.2, 0.25) is 0 Å². The Morgan fingerprint density at radius 2 is 2.00 bits per heavy atom. The highest BCUT2D eigenvalue weighted by Gasteiger charge is 2.17. The normalized spacial score (nSPS) is 21.1. The Morgan fingerprint density at radius 3 is 2.55 bits per heavy atom. The molecule has 20 heavy (non-hydrogen) atoms. The molecule has 1 saturated heterocycles. The van der Waals surface area contributed by atoms with Crippen molar-refractivity contribution in [2.45, 2.75) is 51.2 Å². The van der Waals surface area contributed by atoms with E-state index < -0.39 is 0 Å². The summed E-state index contributed by atoms with van der Waals surface area (Å²) >= 11 is 0. The number of ether oxygens (including phenoxy) is 2. The lowest BCUT2D eigenvalue weighted by Gasteiger charge is -2.20.